The lowest BCUT2D eigenvalue weighted by Gasteiger charge is -2.11. The monoisotopic (exact) mass is 405 g/mol. The number of ether oxygens (including phenoxy) is 2. The van der Waals surface area contributed by atoms with Crippen LogP contribution in [0.3, 0.4) is 0 Å². The second-order valence-electron chi connectivity index (χ2n) is 6.36. The minimum absolute atomic E-state index is 0.212. The third-order valence-electron chi connectivity index (χ3n) is 3.94. The molecule has 2 N–H and O–H groups in total. The molecular formula is C19H20ClN3O5. The summed E-state index contributed by atoms with van der Waals surface area (Å²) in [6.07, 6.45) is -0.851. The van der Waals surface area contributed by atoms with Gasteiger partial charge in [0.15, 0.2) is 11.9 Å². The third-order valence-corrected chi connectivity index (χ3v) is 4.24. The van der Waals surface area contributed by atoms with E-state index in [9.17, 15) is 9.59 Å². The summed E-state index contributed by atoms with van der Waals surface area (Å²) in [7, 11) is 0. The van der Waals surface area contributed by atoms with Gasteiger partial charge in [0.25, 0.3) is 5.91 Å². The predicted molar refractivity (Wildman–Crippen MR) is 102 cm³/mol. The van der Waals surface area contributed by atoms with Crippen molar-refractivity contribution in [1.82, 2.24) is 15.5 Å². The van der Waals surface area contributed by atoms with Gasteiger partial charge in [-0.3, -0.25) is 9.59 Å². The van der Waals surface area contributed by atoms with Gasteiger partial charge in [-0.25, -0.2) is 0 Å². The molecule has 8 nitrogen and oxygen atoms in total. The largest absolute Gasteiger partial charge is 0.484 e. The van der Waals surface area contributed by atoms with Crippen LogP contribution >= 0.6 is 11.6 Å². The quantitative estimate of drug-likeness (QED) is 0.584. The van der Waals surface area contributed by atoms with Crippen molar-refractivity contribution < 1.29 is 23.6 Å². The maximum atomic E-state index is 11.9. The first-order valence-electron chi connectivity index (χ1n) is 8.63. The Hall–Kier alpha value is -3.00. The normalized spacial score (nSPS) is 12.0. The van der Waals surface area contributed by atoms with Gasteiger partial charge in [-0.2, -0.15) is 0 Å². The Bertz CT molecular complexity index is 1010. The highest BCUT2D eigenvalue weighted by atomic mass is 35.5. The van der Waals surface area contributed by atoms with E-state index in [4.69, 9.17) is 25.6 Å². The zero-order valence-electron chi connectivity index (χ0n) is 15.7. The van der Waals surface area contributed by atoms with Crippen LogP contribution in [0.2, 0.25) is 5.02 Å². The van der Waals surface area contributed by atoms with E-state index in [2.05, 4.69) is 15.5 Å². The maximum absolute atomic E-state index is 11.9. The minimum Gasteiger partial charge on any atom is -0.484 e. The van der Waals surface area contributed by atoms with E-state index in [0.717, 1.165) is 22.3 Å². The molecular weight excluding hydrogens is 386 g/mol. The SMILES string of the molecule is CC(=O)O[C@@H](C)C(=O)NCc1cc2cc(Cl)c(OCc3cc(C)no3)cc2[nH]1. The van der Waals surface area contributed by atoms with Gasteiger partial charge in [-0.1, -0.05) is 16.8 Å². The number of nitrogens with zero attached hydrogens (tertiary/aromatic N) is 1. The molecule has 0 aliphatic carbocycles. The number of benzene rings is 1. The molecule has 0 aliphatic heterocycles. The lowest BCUT2D eigenvalue weighted by Crippen LogP contribution is -2.35. The molecule has 9 heteroatoms. The molecule has 1 atom stereocenters. The second-order valence-corrected chi connectivity index (χ2v) is 6.76. The van der Waals surface area contributed by atoms with Crippen LogP contribution in [0.25, 0.3) is 10.9 Å². The van der Waals surface area contributed by atoms with Crippen molar-refractivity contribution in [2.24, 2.45) is 0 Å². The van der Waals surface area contributed by atoms with Crippen LogP contribution in [0.15, 0.2) is 28.8 Å². The number of rotatable bonds is 7. The second kappa shape index (κ2) is 8.35. The summed E-state index contributed by atoms with van der Waals surface area (Å²) in [5, 5.41) is 7.86. The molecule has 0 bridgehead atoms. The molecule has 1 amide bonds. The standard InChI is InChI=1S/C19H20ClN3O5/c1-10-4-15(28-23-10)9-26-18-7-17-13(6-16(18)20)5-14(22-17)8-21-19(25)11(2)27-12(3)24/h4-7,11,22H,8-9H2,1-3H3,(H,21,25)/t11-/m0/s1. The van der Waals surface area contributed by atoms with E-state index >= 15 is 0 Å². The lowest BCUT2D eigenvalue weighted by atomic mass is 10.2. The van der Waals surface area contributed by atoms with E-state index in [1.54, 1.807) is 18.2 Å². The van der Waals surface area contributed by atoms with Gasteiger partial charge in [-0.05, 0) is 26.0 Å². The van der Waals surface area contributed by atoms with Crippen molar-refractivity contribution in [2.75, 3.05) is 0 Å². The maximum Gasteiger partial charge on any atom is 0.303 e. The molecule has 0 unspecified atom stereocenters. The number of hydrogen-bond acceptors (Lipinski definition) is 6. The average Bonchev–Trinajstić information content (AvgIpc) is 3.22. The van der Waals surface area contributed by atoms with Gasteiger partial charge in [0.1, 0.15) is 12.4 Å². The van der Waals surface area contributed by atoms with E-state index in [1.807, 2.05) is 13.0 Å². The molecule has 1 aromatic carbocycles. The summed E-state index contributed by atoms with van der Waals surface area (Å²) >= 11 is 6.30. The van der Waals surface area contributed by atoms with Crippen LogP contribution in [0.5, 0.6) is 5.75 Å². The number of aryl methyl sites for hydroxylation is 1. The number of amides is 1. The fourth-order valence-electron chi connectivity index (χ4n) is 2.66. The van der Waals surface area contributed by atoms with Crippen molar-refractivity contribution in [2.45, 2.75) is 40.0 Å². The van der Waals surface area contributed by atoms with Gasteiger partial charge in [-0.15, -0.1) is 0 Å². The van der Waals surface area contributed by atoms with Crippen molar-refractivity contribution in [3.8, 4) is 5.75 Å². The Morgan fingerprint density at radius 3 is 2.79 bits per heavy atom. The number of H-pyrrole nitrogens is 1. The highest BCUT2D eigenvalue weighted by Gasteiger charge is 2.16. The number of aromatic nitrogens is 2. The van der Waals surface area contributed by atoms with Gasteiger partial charge in [0.05, 0.1) is 17.3 Å². The Labute approximate surface area is 166 Å². The summed E-state index contributed by atoms with van der Waals surface area (Å²) in [6.45, 7) is 5.07. The summed E-state index contributed by atoms with van der Waals surface area (Å²) in [5.74, 6) is 0.226. The highest BCUT2D eigenvalue weighted by Crippen LogP contribution is 2.31. The summed E-state index contributed by atoms with van der Waals surface area (Å²) in [6, 6.07) is 7.23. The van der Waals surface area contributed by atoms with E-state index in [-0.39, 0.29) is 19.1 Å². The molecule has 0 radical (unpaired) electrons. The number of carbonyl (C=O) groups is 2. The minimum atomic E-state index is -0.851. The number of hydrogen-bond donors (Lipinski definition) is 2. The third kappa shape index (κ3) is 4.83. The van der Waals surface area contributed by atoms with Crippen LogP contribution in [-0.2, 0) is 27.5 Å². The van der Waals surface area contributed by atoms with E-state index < -0.39 is 12.1 Å². The number of esters is 1. The predicted octanol–water partition coefficient (Wildman–Crippen LogP) is 3.26. The highest BCUT2D eigenvalue weighted by molar-refractivity contribution is 6.32. The first-order valence-corrected chi connectivity index (χ1v) is 9.00. The Morgan fingerprint density at radius 2 is 2.11 bits per heavy atom. The van der Waals surface area contributed by atoms with Gasteiger partial charge in [0.2, 0.25) is 0 Å². The molecule has 2 aromatic heterocycles. The number of halogens is 1. The topological polar surface area (TPSA) is 106 Å². The Morgan fingerprint density at radius 1 is 1.32 bits per heavy atom. The fraction of sp³-hybridized carbons (Fsp3) is 0.316. The first kappa shape index (κ1) is 19.8. The van der Waals surface area contributed by atoms with Crippen LogP contribution in [0, 0.1) is 6.92 Å². The zero-order valence-corrected chi connectivity index (χ0v) is 16.4. The van der Waals surface area contributed by atoms with Crippen LogP contribution < -0.4 is 10.1 Å². The van der Waals surface area contributed by atoms with Gasteiger partial charge in [0, 0.05) is 35.7 Å². The molecule has 0 saturated carbocycles. The molecule has 0 aliphatic rings. The molecule has 3 rings (SSSR count). The smallest absolute Gasteiger partial charge is 0.303 e. The number of aromatic amines is 1. The van der Waals surface area contributed by atoms with E-state index in [0.29, 0.717) is 16.5 Å². The molecule has 0 saturated heterocycles. The molecule has 0 fully saturated rings. The number of carbonyl (C=O) groups excluding carboxylic acids is 2. The van der Waals surface area contributed by atoms with E-state index in [1.165, 1.54) is 13.8 Å². The molecule has 148 valence electrons. The fourth-order valence-corrected chi connectivity index (χ4v) is 2.89. The van der Waals surface area contributed by atoms with Crippen molar-refractivity contribution in [3.63, 3.8) is 0 Å². The lowest BCUT2D eigenvalue weighted by molar-refractivity contribution is -0.152. The number of fused-ring (bicyclic) bond motifs is 1. The average molecular weight is 406 g/mol. The van der Waals surface area contributed by atoms with Crippen molar-refractivity contribution in [1.29, 1.82) is 0 Å². The number of nitrogens with one attached hydrogen (secondary N) is 2. The van der Waals surface area contributed by atoms with Crippen molar-refractivity contribution >= 4 is 34.4 Å². The zero-order chi connectivity index (χ0) is 20.3. The van der Waals surface area contributed by atoms with Crippen LogP contribution in [0.1, 0.15) is 31.0 Å². The van der Waals surface area contributed by atoms with Crippen molar-refractivity contribution in [3.05, 3.63) is 46.4 Å². The summed E-state index contributed by atoms with van der Waals surface area (Å²) < 4.78 is 15.7. The van der Waals surface area contributed by atoms with Gasteiger partial charge < -0.3 is 24.3 Å². The first-order chi connectivity index (χ1) is 13.3. The Kier molecular flexibility index (Phi) is 5.89. The van der Waals surface area contributed by atoms with Crippen LogP contribution in [0.4, 0.5) is 0 Å². The Balaban J connectivity index is 1.66. The molecule has 0 spiro atoms. The summed E-state index contributed by atoms with van der Waals surface area (Å²) in [5.41, 5.74) is 2.36. The van der Waals surface area contributed by atoms with Gasteiger partial charge >= 0.3 is 5.97 Å². The molecule has 2 heterocycles. The molecule has 28 heavy (non-hydrogen) atoms. The summed E-state index contributed by atoms with van der Waals surface area (Å²) in [4.78, 5) is 26.1. The van der Waals surface area contributed by atoms with Crippen LogP contribution in [-0.4, -0.2) is 28.1 Å². The molecule has 3 aromatic rings.